The molecule has 1 aromatic carbocycles. The van der Waals surface area contributed by atoms with Gasteiger partial charge in [-0.25, -0.2) is 0 Å². The Bertz CT molecular complexity index is 341. The van der Waals surface area contributed by atoms with Crippen LogP contribution < -0.4 is 5.73 Å². The molecule has 1 aliphatic heterocycles. The molecule has 0 aliphatic carbocycles. The quantitative estimate of drug-likeness (QED) is 0.804. The van der Waals surface area contributed by atoms with Gasteiger partial charge in [0.05, 0.1) is 12.7 Å². The van der Waals surface area contributed by atoms with E-state index in [4.69, 9.17) is 10.5 Å². The van der Waals surface area contributed by atoms with Crippen molar-refractivity contribution in [3.8, 4) is 0 Å². The molecule has 0 aromatic heterocycles. The highest BCUT2D eigenvalue weighted by molar-refractivity contribution is 5.31. The number of hydrogen-bond donors (Lipinski definition) is 1. The van der Waals surface area contributed by atoms with Crippen LogP contribution in [0.5, 0.6) is 0 Å². The lowest BCUT2D eigenvalue weighted by Gasteiger charge is -2.31. The van der Waals surface area contributed by atoms with Crippen LogP contribution in [-0.2, 0) is 11.2 Å². The van der Waals surface area contributed by atoms with Crippen molar-refractivity contribution in [1.82, 2.24) is 0 Å². The lowest BCUT2D eigenvalue weighted by atomic mass is 9.89. The largest absolute Gasteiger partial charge is 0.373 e. The molecular weight excluding hydrogens is 186 g/mol. The second kappa shape index (κ2) is 3.95. The first kappa shape index (κ1) is 10.7. The molecule has 2 heteroatoms. The van der Waals surface area contributed by atoms with E-state index in [1.807, 2.05) is 13.8 Å². The molecule has 1 heterocycles. The van der Waals surface area contributed by atoms with Gasteiger partial charge in [0.15, 0.2) is 0 Å². The highest BCUT2D eigenvalue weighted by atomic mass is 16.5. The molecule has 0 bridgehead atoms. The summed E-state index contributed by atoms with van der Waals surface area (Å²) in [5, 5.41) is 0. The molecule has 0 amide bonds. The van der Waals surface area contributed by atoms with Crippen molar-refractivity contribution in [3.63, 3.8) is 0 Å². The van der Waals surface area contributed by atoms with E-state index in [1.165, 1.54) is 11.1 Å². The Hall–Kier alpha value is -0.860. The van der Waals surface area contributed by atoms with E-state index in [9.17, 15) is 0 Å². The standard InChI is InChI=1S/C13H19NO/c1-13(2,14)9-12-11-6-4-3-5-10(11)7-8-15-12/h3-6,12H,7-9,14H2,1-2H3. The summed E-state index contributed by atoms with van der Waals surface area (Å²) in [5.74, 6) is 0. The van der Waals surface area contributed by atoms with E-state index in [1.54, 1.807) is 0 Å². The maximum absolute atomic E-state index is 6.04. The molecule has 2 N–H and O–H groups in total. The number of hydrogen-bond acceptors (Lipinski definition) is 2. The average molecular weight is 205 g/mol. The summed E-state index contributed by atoms with van der Waals surface area (Å²) in [5.41, 5.74) is 8.61. The van der Waals surface area contributed by atoms with Gasteiger partial charge in [0.1, 0.15) is 0 Å². The fourth-order valence-electron chi connectivity index (χ4n) is 2.12. The van der Waals surface area contributed by atoms with E-state index >= 15 is 0 Å². The number of nitrogens with two attached hydrogens (primary N) is 1. The van der Waals surface area contributed by atoms with Gasteiger partial charge in [-0.3, -0.25) is 0 Å². The summed E-state index contributed by atoms with van der Waals surface area (Å²) >= 11 is 0. The molecule has 0 fully saturated rings. The Morgan fingerprint density at radius 1 is 1.40 bits per heavy atom. The zero-order valence-corrected chi connectivity index (χ0v) is 9.49. The average Bonchev–Trinajstić information content (AvgIpc) is 2.16. The van der Waals surface area contributed by atoms with Crippen LogP contribution in [0.15, 0.2) is 24.3 Å². The number of fused-ring (bicyclic) bond motifs is 1. The van der Waals surface area contributed by atoms with Crippen LogP contribution in [0.1, 0.15) is 37.5 Å². The minimum atomic E-state index is -0.172. The number of rotatable bonds is 2. The van der Waals surface area contributed by atoms with Crippen LogP contribution in [0, 0.1) is 0 Å². The monoisotopic (exact) mass is 205 g/mol. The van der Waals surface area contributed by atoms with Crippen molar-refractivity contribution >= 4 is 0 Å². The van der Waals surface area contributed by atoms with Crippen molar-refractivity contribution in [2.75, 3.05) is 6.61 Å². The predicted molar refractivity (Wildman–Crippen MR) is 61.7 cm³/mol. The number of ether oxygens (including phenoxy) is 1. The molecule has 15 heavy (non-hydrogen) atoms. The van der Waals surface area contributed by atoms with E-state index < -0.39 is 0 Å². The SMILES string of the molecule is CC(C)(N)CC1OCCc2ccccc21. The van der Waals surface area contributed by atoms with Crippen LogP contribution in [-0.4, -0.2) is 12.1 Å². The molecule has 2 rings (SSSR count). The van der Waals surface area contributed by atoms with Crippen molar-refractivity contribution in [2.24, 2.45) is 5.73 Å². The third-order valence-electron chi connectivity index (χ3n) is 2.80. The molecule has 1 unspecified atom stereocenters. The smallest absolute Gasteiger partial charge is 0.0845 e. The first-order chi connectivity index (χ1) is 7.06. The maximum Gasteiger partial charge on any atom is 0.0845 e. The fourth-order valence-corrected chi connectivity index (χ4v) is 2.12. The molecule has 1 atom stereocenters. The van der Waals surface area contributed by atoms with Crippen LogP contribution >= 0.6 is 0 Å². The minimum absolute atomic E-state index is 0.172. The first-order valence-corrected chi connectivity index (χ1v) is 5.54. The normalized spacial score (nSPS) is 21.1. The molecule has 0 saturated heterocycles. The molecule has 82 valence electrons. The Balaban J connectivity index is 2.22. The fraction of sp³-hybridized carbons (Fsp3) is 0.538. The van der Waals surface area contributed by atoms with E-state index in [-0.39, 0.29) is 11.6 Å². The van der Waals surface area contributed by atoms with Gasteiger partial charge in [0.25, 0.3) is 0 Å². The lowest BCUT2D eigenvalue weighted by Crippen LogP contribution is -2.35. The first-order valence-electron chi connectivity index (χ1n) is 5.54. The van der Waals surface area contributed by atoms with Gasteiger partial charge in [0.2, 0.25) is 0 Å². The summed E-state index contributed by atoms with van der Waals surface area (Å²) < 4.78 is 5.80. The van der Waals surface area contributed by atoms with Gasteiger partial charge in [-0.2, -0.15) is 0 Å². The van der Waals surface area contributed by atoms with Crippen molar-refractivity contribution in [3.05, 3.63) is 35.4 Å². The van der Waals surface area contributed by atoms with E-state index in [0.29, 0.717) is 0 Å². The summed E-state index contributed by atoms with van der Waals surface area (Å²) in [6, 6.07) is 8.51. The van der Waals surface area contributed by atoms with Crippen molar-refractivity contribution < 1.29 is 4.74 Å². The Labute approximate surface area is 91.4 Å². The molecule has 1 aliphatic rings. The second-order valence-electron chi connectivity index (χ2n) is 5.00. The summed E-state index contributed by atoms with van der Waals surface area (Å²) in [4.78, 5) is 0. The van der Waals surface area contributed by atoms with Gasteiger partial charge in [-0.1, -0.05) is 24.3 Å². The molecule has 0 spiro atoms. The highest BCUT2D eigenvalue weighted by Gasteiger charge is 2.25. The Morgan fingerprint density at radius 3 is 2.87 bits per heavy atom. The Morgan fingerprint density at radius 2 is 2.13 bits per heavy atom. The van der Waals surface area contributed by atoms with E-state index in [0.717, 1.165) is 19.4 Å². The van der Waals surface area contributed by atoms with Gasteiger partial charge in [0, 0.05) is 5.54 Å². The molecule has 2 nitrogen and oxygen atoms in total. The zero-order valence-electron chi connectivity index (χ0n) is 9.49. The molecule has 1 aromatic rings. The van der Waals surface area contributed by atoms with Gasteiger partial charge in [-0.15, -0.1) is 0 Å². The third kappa shape index (κ3) is 2.58. The molecule has 0 saturated carbocycles. The highest BCUT2D eigenvalue weighted by Crippen LogP contribution is 2.32. The van der Waals surface area contributed by atoms with E-state index in [2.05, 4.69) is 24.3 Å². The minimum Gasteiger partial charge on any atom is -0.373 e. The van der Waals surface area contributed by atoms with Crippen molar-refractivity contribution in [2.45, 2.75) is 38.3 Å². The summed E-state index contributed by atoms with van der Waals surface area (Å²) in [6.45, 7) is 4.92. The zero-order chi connectivity index (χ0) is 10.9. The van der Waals surface area contributed by atoms with Gasteiger partial charge < -0.3 is 10.5 Å². The summed E-state index contributed by atoms with van der Waals surface area (Å²) in [7, 11) is 0. The second-order valence-corrected chi connectivity index (χ2v) is 5.00. The molecular formula is C13H19NO. The number of benzene rings is 1. The van der Waals surface area contributed by atoms with Gasteiger partial charge >= 0.3 is 0 Å². The summed E-state index contributed by atoms with van der Waals surface area (Å²) in [6.07, 6.45) is 2.08. The van der Waals surface area contributed by atoms with Crippen molar-refractivity contribution in [1.29, 1.82) is 0 Å². The van der Waals surface area contributed by atoms with Gasteiger partial charge in [-0.05, 0) is 37.8 Å². The molecule has 0 radical (unpaired) electrons. The lowest BCUT2D eigenvalue weighted by molar-refractivity contribution is 0.0247. The van der Waals surface area contributed by atoms with Crippen LogP contribution in [0.4, 0.5) is 0 Å². The maximum atomic E-state index is 6.04. The van der Waals surface area contributed by atoms with Crippen LogP contribution in [0.25, 0.3) is 0 Å². The van der Waals surface area contributed by atoms with Crippen LogP contribution in [0.2, 0.25) is 0 Å². The third-order valence-corrected chi connectivity index (χ3v) is 2.80. The van der Waals surface area contributed by atoms with Crippen LogP contribution in [0.3, 0.4) is 0 Å². The Kier molecular flexibility index (Phi) is 2.81. The predicted octanol–water partition coefficient (Wildman–Crippen LogP) is 2.43. The topological polar surface area (TPSA) is 35.2 Å².